The van der Waals surface area contributed by atoms with Crippen LogP contribution >= 0.6 is 30.1 Å². The van der Waals surface area contributed by atoms with Gasteiger partial charge in [0.2, 0.25) is 0 Å². The van der Waals surface area contributed by atoms with Crippen molar-refractivity contribution in [2.24, 2.45) is 0 Å². The molecule has 1 aliphatic rings. The van der Waals surface area contributed by atoms with E-state index in [1.807, 2.05) is 12.1 Å². The van der Waals surface area contributed by atoms with Gasteiger partial charge in [-0.1, -0.05) is 137 Å². The van der Waals surface area contributed by atoms with E-state index in [0.29, 0.717) is 10.0 Å². The van der Waals surface area contributed by atoms with Gasteiger partial charge in [-0.2, -0.15) is 0 Å². The van der Waals surface area contributed by atoms with Crippen LogP contribution in [0.1, 0.15) is 38.9 Å². The summed E-state index contributed by atoms with van der Waals surface area (Å²) in [6.07, 6.45) is 2.28. The van der Waals surface area contributed by atoms with E-state index in [4.69, 9.17) is 23.2 Å². The predicted octanol–water partition coefficient (Wildman–Crippen LogP) is 10.6. The molecule has 0 aromatic heterocycles. The van der Waals surface area contributed by atoms with Crippen molar-refractivity contribution in [2.75, 3.05) is 22.9 Å². The van der Waals surface area contributed by atoms with E-state index >= 15 is 0 Å². The summed E-state index contributed by atoms with van der Waals surface area (Å²) in [4.78, 5) is 5.19. The molecule has 47 heavy (non-hydrogen) atoms. The summed E-state index contributed by atoms with van der Waals surface area (Å²) in [6.45, 7) is 12.4. The number of benzene rings is 5. The molecular formula is C41H41Cl2N2PRu+2. The Kier molecular flexibility index (Phi) is 10.9. The number of hydrogen-bond donors (Lipinski definition) is 0. The molecule has 0 amide bonds. The molecule has 0 aliphatic carbocycles. The van der Waals surface area contributed by atoms with E-state index in [1.54, 1.807) is 0 Å². The summed E-state index contributed by atoms with van der Waals surface area (Å²) in [5, 5.41) is 3.45. The molecule has 1 fully saturated rings. The molecule has 1 atom stereocenters. The molecule has 0 bridgehead atoms. The van der Waals surface area contributed by atoms with Gasteiger partial charge in [0.1, 0.15) is 5.54 Å². The summed E-state index contributed by atoms with van der Waals surface area (Å²) in [6, 6.07) is 36.8. The topological polar surface area (TPSA) is 6.48 Å². The van der Waals surface area contributed by atoms with E-state index < -0.39 is 6.89 Å². The van der Waals surface area contributed by atoms with Crippen molar-refractivity contribution < 1.29 is 19.5 Å². The Morgan fingerprint density at radius 3 is 1.55 bits per heavy atom. The average molecular weight is 765 g/mol. The molecule has 1 unspecified atom stereocenters. The van der Waals surface area contributed by atoms with Crippen molar-refractivity contribution in [2.45, 2.75) is 41.5 Å². The third-order valence-electron chi connectivity index (χ3n) is 8.92. The molecule has 1 aliphatic heterocycles. The molecule has 0 spiro atoms. The van der Waals surface area contributed by atoms with Crippen LogP contribution in [-0.4, -0.2) is 18.6 Å². The Hall–Kier alpha value is -3.06. The molecule has 5 aromatic rings. The molecule has 0 radical (unpaired) electrons. The van der Waals surface area contributed by atoms with Crippen molar-refractivity contribution in [3.8, 4) is 0 Å². The van der Waals surface area contributed by atoms with Gasteiger partial charge >= 0.3 is 19.5 Å². The minimum Gasteiger partial charge on any atom is -0.325 e. The number of halogens is 2. The molecule has 2 nitrogen and oxygen atoms in total. The quantitative estimate of drug-likeness (QED) is 0.126. The Labute approximate surface area is 303 Å². The minimum atomic E-state index is -2.65. The van der Waals surface area contributed by atoms with Crippen LogP contribution in [0.2, 0.25) is 10.0 Å². The smallest absolute Gasteiger partial charge is 0.325 e. The average Bonchev–Trinajstić information content (AvgIpc) is 3.43. The molecule has 0 N–H and O–H groups in total. The van der Waals surface area contributed by atoms with Crippen LogP contribution in [0.25, 0.3) is 6.08 Å². The number of anilines is 2. The zero-order chi connectivity index (χ0) is 32.6. The first-order valence-corrected chi connectivity index (χ1v) is 18.4. The van der Waals surface area contributed by atoms with E-state index in [1.165, 1.54) is 55.6 Å². The van der Waals surface area contributed by atoms with E-state index in [9.17, 15) is 0 Å². The first-order chi connectivity index (χ1) is 22.1. The van der Waals surface area contributed by atoms with Crippen molar-refractivity contribution in [3.05, 3.63) is 158 Å². The number of nitrogens with zero attached hydrogens (tertiary/aromatic N) is 2. The fourth-order valence-electron chi connectivity index (χ4n) is 7.33. The van der Waals surface area contributed by atoms with Crippen molar-refractivity contribution in [3.63, 3.8) is 0 Å². The second kappa shape index (κ2) is 14.6. The standard InChI is InChI=1S/C41H41Cl2N2P.Ru/c1-28-24-30(3)39(31(4)25-28)44-21-22-45(40-32(5)26-29(2)27-33(40)6)41(44)46(35-16-11-8-12-17-35,23-20-34-14-9-7-10-15-34)37-19-13-18-36(42)38(37)43;/h7-20,23-27H,21-22H2,1-6H3;/q;+2. The largest absolute Gasteiger partial charge is 2.00 e. The Morgan fingerprint density at radius 1 is 0.596 bits per heavy atom. The summed E-state index contributed by atoms with van der Waals surface area (Å²) in [7, 11) is 0. The van der Waals surface area contributed by atoms with Gasteiger partial charge in [0.25, 0.3) is 0 Å². The molecule has 6 heteroatoms. The summed E-state index contributed by atoms with van der Waals surface area (Å²) in [5.41, 5.74) is 12.5. The summed E-state index contributed by atoms with van der Waals surface area (Å²) in [5.74, 6) is 2.45. The molecule has 240 valence electrons. The second-order valence-electron chi connectivity index (χ2n) is 12.5. The third-order valence-corrected chi connectivity index (χ3v) is 13.8. The Bertz CT molecular complexity index is 1890. The molecule has 0 saturated carbocycles. The van der Waals surface area contributed by atoms with Gasteiger partial charge in [0.15, 0.2) is 0 Å². The van der Waals surface area contributed by atoms with Gasteiger partial charge in [-0.15, -0.1) is 0 Å². The zero-order valence-corrected chi connectivity index (χ0v) is 32.0. The van der Waals surface area contributed by atoms with Crippen LogP contribution in [0.4, 0.5) is 11.4 Å². The fraction of sp³-hybridized carbons (Fsp3) is 0.195. The van der Waals surface area contributed by atoms with Crippen LogP contribution in [0.5, 0.6) is 0 Å². The second-order valence-corrected chi connectivity index (χ2v) is 16.4. The van der Waals surface area contributed by atoms with Crippen LogP contribution in [0.3, 0.4) is 0 Å². The van der Waals surface area contributed by atoms with Gasteiger partial charge in [-0.25, -0.2) is 0 Å². The molecule has 1 saturated heterocycles. The fourth-order valence-corrected chi connectivity index (χ4v) is 12.2. The van der Waals surface area contributed by atoms with Gasteiger partial charge < -0.3 is 9.80 Å². The predicted molar refractivity (Wildman–Crippen MR) is 206 cm³/mol. The minimum absolute atomic E-state index is 0. The number of rotatable bonds is 6. The van der Waals surface area contributed by atoms with Crippen molar-refractivity contribution in [1.82, 2.24) is 0 Å². The Morgan fingerprint density at radius 2 is 1.06 bits per heavy atom. The molecule has 1 heterocycles. The maximum absolute atomic E-state index is 7.35. The maximum atomic E-state index is 7.35. The van der Waals surface area contributed by atoms with Gasteiger partial charge in [-0.3, -0.25) is 0 Å². The van der Waals surface area contributed by atoms with E-state index in [0.717, 1.165) is 24.0 Å². The van der Waals surface area contributed by atoms with Gasteiger partial charge in [0, 0.05) is 36.7 Å². The van der Waals surface area contributed by atoms with Gasteiger partial charge in [0.05, 0.1) is 10.0 Å². The zero-order valence-electron chi connectivity index (χ0n) is 27.8. The third kappa shape index (κ3) is 6.66. The van der Waals surface area contributed by atoms with Gasteiger partial charge in [-0.05, 0) is 86.5 Å². The first-order valence-electron chi connectivity index (χ1n) is 15.8. The van der Waals surface area contributed by atoms with Crippen LogP contribution in [0, 0.1) is 41.5 Å². The monoisotopic (exact) mass is 764 g/mol. The van der Waals surface area contributed by atoms with Crippen molar-refractivity contribution >= 4 is 63.7 Å². The van der Waals surface area contributed by atoms with Crippen LogP contribution < -0.4 is 20.4 Å². The molecular weight excluding hydrogens is 723 g/mol. The number of hydrogen-bond acceptors (Lipinski definition) is 0. The first kappa shape index (κ1) is 35.3. The molecule has 5 aromatic carbocycles. The Balaban J connectivity index is 0.00000433. The maximum Gasteiger partial charge on any atom is 2.00 e. The van der Waals surface area contributed by atoms with Crippen LogP contribution in [0.15, 0.2) is 109 Å². The van der Waals surface area contributed by atoms with E-state index in [-0.39, 0.29) is 19.5 Å². The summed E-state index contributed by atoms with van der Waals surface area (Å²) >= 11 is 14.3. The number of aryl methyl sites for hydroxylation is 6. The van der Waals surface area contributed by atoms with E-state index in [2.05, 4.69) is 154 Å². The summed E-state index contributed by atoms with van der Waals surface area (Å²) < 4.78 is 0. The SMILES string of the molecule is Cc1cc(C)c(N2CCN(c3c(C)cc(C)cc3C)C2=P(C=Cc2ccccc2)(c2ccccc2)c2cccc(Cl)c2Cl)c(C)c1.[Ru+2]. The van der Waals surface area contributed by atoms with Crippen LogP contribution in [-0.2, 0) is 19.5 Å². The normalized spacial score (nSPS) is 14.4. The molecule has 6 rings (SSSR count). The van der Waals surface area contributed by atoms with Crippen molar-refractivity contribution in [1.29, 1.82) is 0 Å².